The van der Waals surface area contributed by atoms with Gasteiger partial charge in [0, 0.05) is 29.7 Å². The van der Waals surface area contributed by atoms with E-state index in [0.717, 1.165) is 6.42 Å². The lowest BCUT2D eigenvalue weighted by Gasteiger charge is -2.31. The molecule has 2 rings (SSSR count). The number of halogens is 1. The van der Waals surface area contributed by atoms with E-state index in [1.54, 1.807) is 29.2 Å². The highest BCUT2D eigenvalue weighted by Gasteiger charge is 2.29. The highest BCUT2D eigenvalue weighted by atomic mass is 35.5. The van der Waals surface area contributed by atoms with Gasteiger partial charge in [-0.3, -0.25) is 14.4 Å². The molecule has 1 aromatic rings. The summed E-state index contributed by atoms with van der Waals surface area (Å²) in [6, 6.07) is 6.82. The van der Waals surface area contributed by atoms with Crippen LogP contribution in [0.15, 0.2) is 24.3 Å². The molecule has 1 fully saturated rings. The zero-order chi connectivity index (χ0) is 19.1. The topological polar surface area (TPSA) is 75.7 Å². The van der Waals surface area contributed by atoms with E-state index in [1.807, 2.05) is 13.8 Å². The molecule has 1 saturated heterocycles. The van der Waals surface area contributed by atoms with Crippen molar-refractivity contribution < 1.29 is 19.1 Å². The summed E-state index contributed by atoms with van der Waals surface area (Å²) in [5, 5.41) is 3.34. The van der Waals surface area contributed by atoms with Crippen molar-refractivity contribution in [2.45, 2.75) is 39.2 Å². The molecule has 0 unspecified atom stereocenters. The number of carbonyl (C=O) groups excluding carboxylic acids is 3. The van der Waals surface area contributed by atoms with Gasteiger partial charge in [-0.2, -0.15) is 0 Å². The molecule has 1 aliphatic heterocycles. The second-order valence-corrected chi connectivity index (χ2v) is 6.99. The van der Waals surface area contributed by atoms with E-state index in [4.69, 9.17) is 16.3 Å². The van der Waals surface area contributed by atoms with Gasteiger partial charge in [0.2, 0.25) is 0 Å². The fraction of sp³-hybridized carbons (Fsp3) is 0.526. The first-order valence-corrected chi connectivity index (χ1v) is 9.29. The summed E-state index contributed by atoms with van der Waals surface area (Å²) in [4.78, 5) is 38.0. The third-order valence-electron chi connectivity index (χ3n) is 4.57. The van der Waals surface area contributed by atoms with Gasteiger partial charge in [0.15, 0.2) is 6.61 Å². The van der Waals surface area contributed by atoms with Gasteiger partial charge in [-0.15, -0.1) is 0 Å². The highest BCUT2D eigenvalue weighted by molar-refractivity contribution is 6.30. The molecule has 0 radical (unpaired) electrons. The first kappa shape index (κ1) is 20.2. The fourth-order valence-electron chi connectivity index (χ4n) is 2.77. The van der Waals surface area contributed by atoms with Crippen LogP contribution in [0.4, 0.5) is 0 Å². The van der Waals surface area contributed by atoms with Crippen LogP contribution in [-0.2, 0) is 14.3 Å². The van der Waals surface area contributed by atoms with Gasteiger partial charge in [0.05, 0.1) is 5.92 Å². The van der Waals surface area contributed by atoms with Crippen molar-refractivity contribution in [2.75, 3.05) is 19.7 Å². The van der Waals surface area contributed by atoms with E-state index in [-0.39, 0.29) is 36.4 Å². The Morgan fingerprint density at radius 1 is 1.23 bits per heavy atom. The summed E-state index contributed by atoms with van der Waals surface area (Å²) in [5.74, 6) is -1.01. The highest BCUT2D eigenvalue weighted by Crippen LogP contribution is 2.21. The number of benzene rings is 1. The molecular weight excluding hydrogens is 356 g/mol. The Bertz CT molecular complexity index is 639. The maximum atomic E-state index is 12.4. The quantitative estimate of drug-likeness (QED) is 0.770. The Balaban J connectivity index is 1.76. The van der Waals surface area contributed by atoms with E-state index in [2.05, 4.69) is 5.32 Å². The summed E-state index contributed by atoms with van der Waals surface area (Å²) >= 11 is 5.84. The molecule has 1 heterocycles. The molecule has 7 heteroatoms. The Hall–Kier alpha value is -2.08. The standard InChI is InChI=1S/C19H25ClN2O4/c1-3-13(2)21-17(23)12-26-19(25)15-8-10-22(11-9-15)18(24)14-4-6-16(20)7-5-14/h4-7,13,15H,3,8-12H2,1-2H3,(H,21,23)/t13-/m1/s1. The summed E-state index contributed by atoms with van der Waals surface area (Å²) in [6.45, 7) is 4.58. The van der Waals surface area contributed by atoms with E-state index in [1.165, 1.54) is 0 Å². The molecule has 1 atom stereocenters. The lowest BCUT2D eigenvalue weighted by Crippen LogP contribution is -2.41. The number of esters is 1. The predicted molar refractivity (Wildman–Crippen MR) is 98.9 cm³/mol. The maximum Gasteiger partial charge on any atom is 0.309 e. The van der Waals surface area contributed by atoms with Crippen LogP contribution in [0.5, 0.6) is 0 Å². The second-order valence-electron chi connectivity index (χ2n) is 6.56. The third kappa shape index (κ3) is 5.73. The molecule has 6 nitrogen and oxygen atoms in total. The Kier molecular flexibility index (Phi) is 7.45. The number of piperidine rings is 1. The van der Waals surface area contributed by atoms with Crippen LogP contribution < -0.4 is 5.32 Å². The minimum Gasteiger partial charge on any atom is -0.455 e. The van der Waals surface area contributed by atoms with E-state index >= 15 is 0 Å². The number of hydrogen-bond donors (Lipinski definition) is 1. The molecular formula is C19H25ClN2O4. The largest absolute Gasteiger partial charge is 0.455 e. The second kappa shape index (κ2) is 9.57. The average Bonchev–Trinajstić information content (AvgIpc) is 2.66. The van der Waals surface area contributed by atoms with E-state index in [0.29, 0.717) is 36.5 Å². The summed E-state index contributed by atoms with van der Waals surface area (Å²) in [5.41, 5.74) is 0.581. The smallest absolute Gasteiger partial charge is 0.309 e. The molecule has 1 N–H and O–H groups in total. The van der Waals surface area contributed by atoms with Crippen molar-refractivity contribution in [3.05, 3.63) is 34.9 Å². The number of hydrogen-bond acceptors (Lipinski definition) is 4. The zero-order valence-corrected chi connectivity index (χ0v) is 15.9. The van der Waals surface area contributed by atoms with Gasteiger partial charge in [-0.05, 0) is 50.5 Å². The summed E-state index contributed by atoms with van der Waals surface area (Å²) in [7, 11) is 0. The maximum absolute atomic E-state index is 12.4. The summed E-state index contributed by atoms with van der Waals surface area (Å²) in [6.07, 6.45) is 1.89. The Morgan fingerprint density at radius 2 is 1.85 bits per heavy atom. The Labute approximate surface area is 158 Å². The number of rotatable bonds is 6. The number of nitrogens with one attached hydrogen (secondary N) is 1. The molecule has 0 aliphatic carbocycles. The monoisotopic (exact) mass is 380 g/mol. The SMILES string of the molecule is CC[C@@H](C)NC(=O)COC(=O)C1CCN(C(=O)c2ccc(Cl)cc2)CC1. The number of ether oxygens (including phenoxy) is 1. The van der Waals surface area contributed by atoms with Crippen LogP contribution in [0, 0.1) is 5.92 Å². The normalized spacial score (nSPS) is 16.0. The fourth-order valence-corrected chi connectivity index (χ4v) is 2.89. The molecule has 0 spiro atoms. The average molecular weight is 381 g/mol. The third-order valence-corrected chi connectivity index (χ3v) is 4.82. The molecule has 0 aromatic heterocycles. The van der Waals surface area contributed by atoms with Crippen LogP contribution in [0.25, 0.3) is 0 Å². The molecule has 1 aromatic carbocycles. The molecule has 0 bridgehead atoms. The van der Waals surface area contributed by atoms with Gasteiger partial charge in [0.1, 0.15) is 0 Å². The van der Waals surface area contributed by atoms with Crippen molar-refractivity contribution in [2.24, 2.45) is 5.92 Å². The van der Waals surface area contributed by atoms with Crippen molar-refractivity contribution in [1.29, 1.82) is 0 Å². The summed E-state index contributed by atoms with van der Waals surface area (Å²) < 4.78 is 5.11. The number of amides is 2. The minimum absolute atomic E-state index is 0.0586. The zero-order valence-electron chi connectivity index (χ0n) is 15.2. The number of carbonyl (C=O) groups is 3. The van der Waals surface area contributed by atoms with Gasteiger partial charge in [-0.25, -0.2) is 0 Å². The van der Waals surface area contributed by atoms with Crippen molar-refractivity contribution in [1.82, 2.24) is 10.2 Å². The van der Waals surface area contributed by atoms with Gasteiger partial charge in [0.25, 0.3) is 11.8 Å². The Morgan fingerprint density at radius 3 is 2.42 bits per heavy atom. The molecule has 2 amide bonds. The van der Waals surface area contributed by atoms with Crippen LogP contribution in [0.2, 0.25) is 5.02 Å². The first-order valence-electron chi connectivity index (χ1n) is 8.91. The van der Waals surface area contributed by atoms with Crippen molar-refractivity contribution >= 4 is 29.4 Å². The lowest BCUT2D eigenvalue weighted by molar-refractivity contribution is -0.154. The first-order chi connectivity index (χ1) is 12.4. The van der Waals surface area contributed by atoms with Gasteiger partial charge in [-0.1, -0.05) is 18.5 Å². The molecule has 1 aliphatic rings. The number of likely N-dealkylation sites (tertiary alicyclic amines) is 1. The van der Waals surface area contributed by atoms with E-state index < -0.39 is 0 Å². The van der Waals surface area contributed by atoms with Crippen LogP contribution in [-0.4, -0.2) is 48.4 Å². The van der Waals surface area contributed by atoms with Crippen molar-refractivity contribution in [3.63, 3.8) is 0 Å². The van der Waals surface area contributed by atoms with Crippen LogP contribution in [0.3, 0.4) is 0 Å². The molecule has 142 valence electrons. The predicted octanol–water partition coefficient (Wildman–Crippen LogP) is 2.65. The molecule has 26 heavy (non-hydrogen) atoms. The van der Waals surface area contributed by atoms with Gasteiger partial charge < -0.3 is 15.0 Å². The van der Waals surface area contributed by atoms with Gasteiger partial charge >= 0.3 is 5.97 Å². The minimum atomic E-state index is -0.372. The molecule has 0 saturated carbocycles. The lowest BCUT2D eigenvalue weighted by atomic mass is 9.96. The van der Waals surface area contributed by atoms with E-state index in [9.17, 15) is 14.4 Å². The van der Waals surface area contributed by atoms with Crippen LogP contribution in [0.1, 0.15) is 43.5 Å². The number of nitrogens with zero attached hydrogens (tertiary/aromatic N) is 1. The van der Waals surface area contributed by atoms with Crippen LogP contribution >= 0.6 is 11.6 Å². The van der Waals surface area contributed by atoms with Crippen molar-refractivity contribution in [3.8, 4) is 0 Å².